The maximum absolute atomic E-state index is 12.4. The molecule has 0 aliphatic heterocycles. The molecule has 10 heteroatoms. The molecule has 2 N–H and O–H groups in total. The highest BCUT2D eigenvalue weighted by atomic mass is 32.2. The Balaban J connectivity index is 3.04. The highest BCUT2D eigenvalue weighted by Gasteiger charge is 2.24. The molecule has 25 heavy (non-hydrogen) atoms. The van der Waals surface area contributed by atoms with Crippen molar-refractivity contribution >= 4 is 26.0 Å². The minimum absolute atomic E-state index is 0.0203. The second-order valence-electron chi connectivity index (χ2n) is 5.30. The molecule has 0 fully saturated rings. The van der Waals surface area contributed by atoms with Gasteiger partial charge in [0.05, 0.1) is 15.8 Å². The zero-order valence-electron chi connectivity index (χ0n) is 14.8. The maximum atomic E-state index is 12.4. The monoisotopic (exact) mass is 391 g/mol. The van der Waals surface area contributed by atoms with E-state index in [0.717, 1.165) is 0 Å². The lowest BCUT2D eigenvalue weighted by atomic mass is 10.3. The summed E-state index contributed by atoms with van der Waals surface area (Å²) in [6, 6.07) is 3.98. The molecule has 1 rings (SSSR count). The largest absolute Gasteiger partial charge is 0.355 e. The minimum Gasteiger partial charge on any atom is -0.355 e. The molecule has 0 bridgehead atoms. The molecule has 0 spiro atoms. The van der Waals surface area contributed by atoms with E-state index in [1.807, 2.05) is 0 Å². The Kier molecular flexibility index (Phi) is 7.54. The van der Waals surface area contributed by atoms with Crippen molar-refractivity contribution in [1.82, 2.24) is 14.3 Å². The third-order valence-electron chi connectivity index (χ3n) is 3.55. The van der Waals surface area contributed by atoms with E-state index in [2.05, 4.69) is 10.0 Å². The first-order valence-electron chi connectivity index (χ1n) is 8.00. The van der Waals surface area contributed by atoms with Crippen LogP contribution in [-0.4, -0.2) is 52.7 Å². The molecule has 0 unspecified atom stereocenters. The van der Waals surface area contributed by atoms with Gasteiger partial charge in [0.2, 0.25) is 26.0 Å². The van der Waals surface area contributed by atoms with Gasteiger partial charge in [0, 0.05) is 19.6 Å². The van der Waals surface area contributed by atoms with Crippen molar-refractivity contribution in [3.63, 3.8) is 0 Å². The van der Waals surface area contributed by atoms with Gasteiger partial charge in [0.15, 0.2) is 0 Å². The third kappa shape index (κ3) is 5.24. The first kappa shape index (κ1) is 21.6. The number of nitrogens with zero attached hydrogens (tertiary/aromatic N) is 1. The summed E-state index contributed by atoms with van der Waals surface area (Å²) >= 11 is 0. The Morgan fingerprint density at radius 2 is 1.48 bits per heavy atom. The zero-order valence-corrected chi connectivity index (χ0v) is 16.4. The summed E-state index contributed by atoms with van der Waals surface area (Å²) < 4.78 is 53.0. The van der Waals surface area contributed by atoms with Crippen molar-refractivity contribution in [2.75, 3.05) is 19.6 Å². The molecular weight excluding hydrogens is 366 g/mol. The molecule has 1 atom stereocenters. The van der Waals surface area contributed by atoms with Gasteiger partial charge in [-0.15, -0.1) is 0 Å². The molecule has 8 nitrogen and oxygen atoms in total. The number of carbonyl (C=O) groups is 1. The number of hydrogen-bond donors (Lipinski definition) is 2. The van der Waals surface area contributed by atoms with Crippen LogP contribution in [0.1, 0.15) is 27.7 Å². The van der Waals surface area contributed by atoms with Crippen LogP contribution in [0.3, 0.4) is 0 Å². The van der Waals surface area contributed by atoms with Gasteiger partial charge in [-0.05, 0) is 38.1 Å². The lowest BCUT2D eigenvalue weighted by Gasteiger charge is -2.18. The molecule has 0 aliphatic carbocycles. The fraction of sp³-hybridized carbons (Fsp3) is 0.533. The van der Waals surface area contributed by atoms with E-state index in [-0.39, 0.29) is 9.79 Å². The van der Waals surface area contributed by atoms with E-state index >= 15 is 0 Å². The normalized spacial score (nSPS) is 13.6. The van der Waals surface area contributed by atoms with Gasteiger partial charge in [-0.1, -0.05) is 13.8 Å². The molecule has 1 amide bonds. The fourth-order valence-corrected chi connectivity index (χ4v) is 4.85. The molecule has 142 valence electrons. The predicted octanol–water partition coefficient (Wildman–Crippen LogP) is 0.520. The Hall–Kier alpha value is -1.49. The average molecular weight is 392 g/mol. The number of amides is 1. The number of nitrogens with one attached hydrogen (secondary N) is 2. The standard InChI is InChI=1S/C15H25N3O5S2/c1-5-16-15(19)12(4)17-24(20,21)13-8-10-14(11-9-13)25(22,23)18(6-2)7-3/h8-12,17H,5-7H2,1-4H3,(H,16,19)/t12-/m1/s1. The number of benzene rings is 1. The number of rotatable bonds is 9. The van der Waals surface area contributed by atoms with Crippen molar-refractivity contribution in [3.8, 4) is 0 Å². The summed E-state index contributed by atoms with van der Waals surface area (Å²) in [7, 11) is -7.59. The molecule has 0 heterocycles. The van der Waals surface area contributed by atoms with Crippen LogP contribution in [0, 0.1) is 0 Å². The van der Waals surface area contributed by atoms with Gasteiger partial charge in [0.1, 0.15) is 0 Å². The predicted molar refractivity (Wildman–Crippen MR) is 95.0 cm³/mol. The van der Waals surface area contributed by atoms with E-state index in [4.69, 9.17) is 0 Å². The van der Waals surface area contributed by atoms with Gasteiger partial charge in [-0.3, -0.25) is 4.79 Å². The van der Waals surface area contributed by atoms with E-state index < -0.39 is 32.0 Å². The number of hydrogen-bond acceptors (Lipinski definition) is 5. The minimum atomic E-state index is -3.94. The van der Waals surface area contributed by atoms with Gasteiger partial charge >= 0.3 is 0 Å². The van der Waals surface area contributed by atoms with Crippen molar-refractivity contribution in [2.45, 2.75) is 43.5 Å². The van der Waals surface area contributed by atoms with Crippen LogP contribution in [0.5, 0.6) is 0 Å². The highest BCUT2D eigenvalue weighted by Crippen LogP contribution is 2.18. The van der Waals surface area contributed by atoms with E-state index in [1.54, 1.807) is 20.8 Å². The third-order valence-corrected chi connectivity index (χ3v) is 7.17. The second-order valence-corrected chi connectivity index (χ2v) is 8.95. The molecule has 0 saturated carbocycles. The second kappa shape index (κ2) is 8.75. The molecule has 0 saturated heterocycles. The van der Waals surface area contributed by atoms with Crippen molar-refractivity contribution in [3.05, 3.63) is 24.3 Å². The SMILES string of the molecule is CCNC(=O)[C@@H](C)NS(=O)(=O)c1ccc(S(=O)(=O)N(CC)CC)cc1. The Morgan fingerprint density at radius 3 is 1.92 bits per heavy atom. The lowest BCUT2D eigenvalue weighted by molar-refractivity contribution is -0.122. The van der Waals surface area contributed by atoms with Crippen LogP contribution in [-0.2, 0) is 24.8 Å². The van der Waals surface area contributed by atoms with Crippen LogP contribution in [0.4, 0.5) is 0 Å². The Bertz CT molecular complexity index is 785. The van der Waals surface area contributed by atoms with E-state index in [1.165, 1.54) is 35.5 Å². The molecule has 1 aromatic carbocycles. The Morgan fingerprint density at radius 1 is 1.00 bits per heavy atom. The lowest BCUT2D eigenvalue weighted by Crippen LogP contribution is -2.44. The fourth-order valence-electron chi connectivity index (χ4n) is 2.18. The summed E-state index contributed by atoms with van der Waals surface area (Å²) in [5.74, 6) is -0.438. The van der Waals surface area contributed by atoms with Crippen LogP contribution in [0.2, 0.25) is 0 Å². The summed E-state index contributed by atoms with van der Waals surface area (Å²) in [6.45, 7) is 7.66. The van der Waals surface area contributed by atoms with E-state index in [9.17, 15) is 21.6 Å². The van der Waals surface area contributed by atoms with Gasteiger partial charge < -0.3 is 5.32 Å². The molecule has 0 aromatic heterocycles. The van der Waals surface area contributed by atoms with Crippen LogP contribution in [0.15, 0.2) is 34.1 Å². The number of carbonyl (C=O) groups excluding carboxylic acids is 1. The van der Waals surface area contributed by atoms with Crippen molar-refractivity contribution in [2.24, 2.45) is 0 Å². The quantitative estimate of drug-likeness (QED) is 0.637. The van der Waals surface area contributed by atoms with Gasteiger partial charge in [0.25, 0.3) is 0 Å². The average Bonchev–Trinajstić information content (AvgIpc) is 2.55. The summed E-state index contributed by atoms with van der Waals surface area (Å²) in [5.41, 5.74) is 0. The maximum Gasteiger partial charge on any atom is 0.243 e. The van der Waals surface area contributed by atoms with Gasteiger partial charge in [-0.25, -0.2) is 16.8 Å². The topological polar surface area (TPSA) is 113 Å². The first-order valence-corrected chi connectivity index (χ1v) is 10.9. The number of likely N-dealkylation sites (N-methyl/N-ethyl adjacent to an activating group) is 1. The van der Waals surface area contributed by atoms with Crippen molar-refractivity contribution in [1.29, 1.82) is 0 Å². The summed E-state index contributed by atoms with van der Waals surface area (Å²) in [4.78, 5) is 11.6. The van der Waals surface area contributed by atoms with Crippen LogP contribution >= 0.6 is 0 Å². The molecule has 0 radical (unpaired) electrons. The first-order chi connectivity index (χ1) is 11.6. The molecule has 1 aromatic rings. The smallest absolute Gasteiger partial charge is 0.243 e. The van der Waals surface area contributed by atoms with Gasteiger partial charge in [-0.2, -0.15) is 9.03 Å². The summed E-state index contributed by atoms with van der Waals surface area (Å²) in [6.07, 6.45) is 0. The zero-order chi connectivity index (χ0) is 19.3. The highest BCUT2D eigenvalue weighted by molar-refractivity contribution is 7.89. The van der Waals surface area contributed by atoms with Crippen molar-refractivity contribution < 1.29 is 21.6 Å². The van der Waals surface area contributed by atoms with Crippen LogP contribution < -0.4 is 10.0 Å². The summed E-state index contributed by atoms with van der Waals surface area (Å²) in [5, 5.41) is 2.52. The van der Waals surface area contributed by atoms with Crippen LogP contribution in [0.25, 0.3) is 0 Å². The Labute approximate surface area is 149 Å². The molecular formula is C15H25N3O5S2. The van der Waals surface area contributed by atoms with E-state index in [0.29, 0.717) is 19.6 Å². The number of sulfonamides is 2. The molecule has 0 aliphatic rings.